The molecule has 0 N–H and O–H groups in total. The summed E-state index contributed by atoms with van der Waals surface area (Å²) in [5, 5.41) is -0.142. The average molecular weight is 517 g/mol. The van der Waals surface area contributed by atoms with Crippen LogP contribution in [0.15, 0.2) is 71.7 Å². The Morgan fingerprint density at radius 2 is 1.37 bits per heavy atom. The molecule has 43 heavy (non-hydrogen) atoms. The summed E-state index contributed by atoms with van der Waals surface area (Å²) in [5.41, 5.74) is 7.21. The van der Waals surface area contributed by atoms with E-state index in [1.54, 1.807) is 0 Å². The summed E-state index contributed by atoms with van der Waals surface area (Å²) in [6.07, 6.45) is 5.92. The normalized spacial score (nSPS) is 22.3. The van der Waals surface area contributed by atoms with Crippen LogP contribution in [-0.2, 0) is 5.41 Å². The fraction of sp³-hybridized carbons (Fsp3) is 0.233. The first-order valence-electron chi connectivity index (χ1n) is 13.4. The predicted octanol–water partition coefficient (Wildman–Crippen LogP) is -2.26. The summed E-state index contributed by atoms with van der Waals surface area (Å²) in [5.74, 6) is 1.95. The SMILES string of the molecule is [B]C(=[B])/C([B])=C(/[B])C1=C(CC([B])=C2/C(=C(/[B])C#C)c3c([B])c([B])c([B])c([B])c3C2(C)C)C2C([B])=C([B])C([B])=C2C(C)=C1C. The van der Waals surface area contributed by atoms with E-state index in [1.165, 1.54) is 0 Å². The zero-order valence-corrected chi connectivity index (χ0v) is 24.9. The van der Waals surface area contributed by atoms with Gasteiger partial charge in [0.2, 0.25) is 0 Å². The van der Waals surface area contributed by atoms with Gasteiger partial charge in [0, 0.05) is 0 Å². The van der Waals surface area contributed by atoms with Gasteiger partial charge < -0.3 is 0 Å². The van der Waals surface area contributed by atoms with Gasteiger partial charge in [0.15, 0.2) is 0 Å². The second kappa shape index (κ2) is 11.6. The van der Waals surface area contributed by atoms with Gasteiger partial charge in [-0.1, -0.05) is 0 Å². The van der Waals surface area contributed by atoms with Crippen molar-refractivity contribution in [3.05, 3.63) is 82.9 Å². The van der Waals surface area contributed by atoms with Crippen molar-refractivity contribution >= 4 is 134 Å². The van der Waals surface area contributed by atoms with Gasteiger partial charge in [0.1, 0.15) is 15.7 Å². The van der Waals surface area contributed by atoms with Gasteiger partial charge in [-0.25, -0.2) is 0 Å². The second-order valence-corrected chi connectivity index (χ2v) is 11.6. The zero-order valence-electron chi connectivity index (χ0n) is 24.9. The molecular formula is C30H16B13. The number of rotatable bonds is 4. The summed E-state index contributed by atoms with van der Waals surface area (Å²) < 4.78 is 0. The van der Waals surface area contributed by atoms with Crippen molar-refractivity contribution in [1.29, 1.82) is 0 Å². The van der Waals surface area contributed by atoms with Crippen LogP contribution in [0.3, 0.4) is 0 Å². The Labute approximate surface area is 274 Å². The van der Waals surface area contributed by atoms with Crippen LogP contribution in [0.5, 0.6) is 0 Å². The third-order valence-electron chi connectivity index (χ3n) is 8.91. The van der Waals surface area contributed by atoms with Gasteiger partial charge in [-0.2, -0.15) is 0 Å². The Kier molecular flexibility index (Phi) is 9.02. The Morgan fingerprint density at radius 3 is 1.91 bits per heavy atom. The standard InChI is InChI=1S/C30H16B13/c1-6-11(31)16-17-19(24(37)27(40)26(39)23(17)36)30(4,5)18(16)12(32)7-10-13(20(33)28(41)29(42)43)8(2)9(3)14-15(10)22(35)25(38)21(14)34/h1,15H,7H2,2-5H3/b16-11+,18-12?,28-20-. The predicted molar refractivity (Wildman–Crippen MR) is 195 cm³/mol. The average Bonchev–Trinajstić information content (AvgIpc) is 3.33. The molecule has 4 rings (SSSR count). The van der Waals surface area contributed by atoms with Crippen LogP contribution in [0.2, 0.25) is 0 Å². The molecule has 0 aromatic heterocycles. The van der Waals surface area contributed by atoms with Crippen molar-refractivity contribution < 1.29 is 0 Å². The van der Waals surface area contributed by atoms with Crippen LogP contribution in [0.4, 0.5) is 0 Å². The molecule has 0 amide bonds. The van der Waals surface area contributed by atoms with Crippen LogP contribution in [0.25, 0.3) is 5.57 Å². The fourth-order valence-electron chi connectivity index (χ4n) is 6.68. The van der Waals surface area contributed by atoms with E-state index in [9.17, 15) is 0 Å². The molecule has 1 atom stereocenters. The molecule has 0 saturated heterocycles. The molecule has 175 valence electrons. The van der Waals surface area contributed by atoms with Gasteiger partial charge in [0.05, 0.1) is 0 Å². The van der Waals surface area contributed by atoms with Crippen molar-refractivity contribution in [1.82, 2.24) is 0 Å². The summed E-state index contributed by atoms with van der Waals surface area (Å²) in [7, 11) is 83.0. The monoisotopic (exact) mass is 519 g/mol. The second-order valence-electron chi connectivity index (χ2n) is 11.6. The van der Waals surface area contributed by atoms with E-state index in [0.29, 0.717) is 49.8 Å². The van der Waals surface area contributed by atoms with E-state index >= 15 is 0 Å². The minimum atomic E-state index is -0.865. The summed E-state index contributed by atoms with van der Waals surface area (Å²) in [6, 6.07) is 0. The number of hydrogen-bond acceptors (Lipinski definition) is 0. The zero-order chi connectivity index (χ0) is 32.6. The van der Waals surface area contributed by atoms with E-state index in [2.05, 4.69) is 5.92 Å². The molecule has 0 saturated carbocycles. The van der Waals surface area contributed by atoms with Crippen molar-refractivity contribution in [2.24, 2.45) is 5.92 Å². The molecule has 1 unspecified atom stereocenters. The van der Waals surface area contributed by atoms with Crippen LogP contribution < -0.4 is 21.9 Å². The van der Waals surface area contributed by atoms with Crippen molar-refractivity contribution in [3.8, 4) is 12.3 Å². The Balaban J connectivity index is 2.15. The molecule has 3 aliphatic carbocycles. The first kappa shape index (κ1) is 33.6. The van der Waals surface area contributed by atoms with Crippen molar-refractivity contribution in [2.45, 2.75) is 39.5 Å². The molecule has 0 bridgehead atoms. The molecule has 13 heteroatoms. The minimum absolute atomic E-state index is 0.0112. The van der Waals surface area contributed by atoms with Crippen LogP contribution in [-0.4, -0.2) is 107 Å². The Morgan fingerprint density at radius 1 is 0.814 bits per heavy atom. The summed E-state index contributed by atoms with van der Waals surface area (Å²) in [6.45, 7) is 7.62. The third-order valence-corrected chi connectivity index (χ3v) is 8.91. The maximum atomic E-state index is 7.05. The topological polar surface area (TPSA) is 0 Å². The number of allylic oxidation sites excluding steroid dienone is 14. The molecule has 0 nitrogen and oxygen atoms in total. The number of fused-ring (bicyclic) bond motifs is 2. The van der Waals surface area contributed by atoms with Crippen LogP contribution in [0, 0.1) is 18.3 Å². The molecule has 0 heterocycles. The van der Waals surface area contributed by atoms with E-state index in [1.807, 2.05) is 27.7 Å². The third kappa shape index (κ3) is 4.86. The van der Waals surface area contributed by atoms with E-state index in [0.717, 1.165) is 16.7 Å². The Bertz CT molecular complexity index is 1810. The molecule has 1 aromatic carbocycles. The maximum absolute atomic E-state index is 7.05. The molecular weight excluding hydrogens is 501 g/mol. The summed E-state index contributed by atoms with van der Waals surface area (Å²) in [4.78, 5) is 0. The van der Waals surface area contributed by atoms with Crippen molar-refractivity contribution in [3.63, 3.8) is 0 Å². The van der Waals surface area contributed by atoms with Gasteiger partial charge in [-0.05, 0) is 0 Å². The summed E-state index contributed by atoms with van der Waals surface area (Å²) >= 11 is 0. The van der Waals surface area contributed by atoms with Gasteiger partial charge in [-0.3, -0.25) is 0 Å². The number of hydrogen-bond donors (Lipinski definition) is 0. The van der Waals surface area contributed by atoms with Crippen LogP contribution in [0.1, 0.15) is 45.2 Å². The van der Waals surface area contributed by atoms with E-state index in [4.69, 9.17) is 108 Å². The first-order valence-corrected chi connectivity index (χ1v) is 13.4. The van der Waals surface area contributed by atoms with Crippen molar-refractivity contribution in [2.75, 3.05) is 0 Å². The van der Waals surface area contributed by atoms with Gasteiger partial charge in [0.25, 0.3) is 0 Å². The molecule has 3 aliphatic rings. The first-order chi connectivity index (χ1) is 19.8. The molecule has 25 radical (unpaired) electrons. The number of benzene rings is 1. The molecule has 0 fully saturated rings. The van der Waals surface area contributed by atoms with E-state index < -0.39 is 11.3 Å². The van der Waals surface area contributed by atoms with E-state index in [-0.39, 0.29) is 55.5 Å². The molecule has 0 aliphatic heterocycles. The van der Waals surface area contributed by atoms with Gasteiger partial charge >= 0.3 is 259 Å². The quantitative estimate of drug-likeness (QED) is 0.313. The molecule has 1 aromatic rings. The fourth-order valence-corrected chi connectivity index (χ4v) is 6.68. The van der Waals surface area contributed by atoms with Crippen LogP contribution >= 0.6 is 0 Å². The Hall–Kier alpha value is -2.33. The molecule has 0 spiro atoms. The number of terminal acetylenes is 1. The van der Waals surface area contributed by atoms with Gasteiger partial charge in [-0.15, -0.1) is 0 Å².